The van der Waals surface area contributed by atoms with Crippen LogP contribution in [0.5, 0.6) is 0 Å². The molecule has 4 rings (SSSR count). The number of nitrogens with zero attached hydrogens (tertiary/aromatic N) is 3. The molecular formula is C27H33F3N8O. The van der Waals surface area contributed by atoms with Crippen LogP contribution in [0.3, 0.4) is 0 Å². The second kappa shape index (κ2) is 11.8. The molecule has 208 valence electrons. The van der Waals surface area contributed by atoms with Gasteiger partial charge in [-0.3, -0.25) is 15.2 Å². The fourth-order valence-corrected chi connectivity index (χ4v) is 4.82. The van der Waals surface area contributed by atoms with E-state index < -0.39 is 11.7 Å². The van der Waals surface area contributed by atoms with Crippen molar-refractivity contribution < 1.29 is 18.0 Å². The molecule has 0 atom stereocenters. The van der Waals surface area contributed by atoms with Crippen molar-refractivity contribution in [2.75, 3.05) is 26.2 Å². The molecule has 1 aromatic heterocycles. The molecule has 0 aliphatic carbocycles. The molecular weight excluding hydrogens is 509 g/mol. The number of fused-ring (bicyclic) bond motifs is 1. The Morgan fingerprint density at radius 3 is 2.36 bits per heavy atom. The molecule has 0 radical (unpaired) electrons. The number of carbonyl (C=O) groups is 1. The lowest BCUT2D eigenvalue weighted by atomic mass is 10.0. The first kappa shape index (κ1) is 28.0. The van der Waals surface area contributed by atoms with Crippen LogP contribution in [0.2, 0.25) is 0 Å². The van der Waals surface area contributed by atoms with Crippen molar-refractivity contribution in [2.45, 2.75) is 38.0 Å². The van der Waals surface area contributed by atoms with Crippen LogP contribution in [0, 0.1) is 5.41 Å². The van der Waals surface area contributed by atoms with Gasteiger partial charge in [-0.2, -0.15) is 13.2 Å². The zero-order chi connectivity index (χ0) is 28.2. The Labute approximate surface area is 224 Å². The second-order valence-electron chi connectivity index (χ2n) is 9.75. The zero-order valence-corrected chi connectivity index (χ0v) is 21.5. The average molecular weight is 543 g/mol. The number of carbonyl (C=O) groups excluding carboxylic acids is 1. The number of alkyl halides is 3. The number of piperidine rings is 1. The molecule has 0 saturated carbocycles. The molecule has 12 heteroatoms. The summed E-state index contributed by atoms with van der Waals surface area (Å²) in [6.45, 7) is 3.30. The summed E-state index contributed by atoms with van der Waals surface area (Å²) in [5.74, 6) is -0.284. The largest absolute Gasteiger partial charge is 0.416 e. The van der Waals surface area contributed by atoms with Gasteiger partial charge in [0.05, 0.1) is 5.56 Å². The molecule has 9 nitrogen and oxygen atoms in total. The summed E-state index contributed by atoms with van der Waals surface area (Å²) >= 11 is 0. The van der Waals surface area contributed by atoms with E-state index >= 15 is 0 Å². The Bertz CT molecular complexity index is 1350. The van der Waals surface area contributed by atoms with Crippen molar-refractivity contribution in [3.05, 3.63) is 70.9 Å². The van der Waals surface area contributed by atoms with E-state index in [0.717, 1.165) is 56.4 Å². The van der Waals surface area contributed by atoms with Gasteiger partial charge < -0.3 is 32.0 Å². The minimum Gasteiger partial charge on any atom is -0.384 e. The SMILES string of the molecule is N=C(N)c1ccc2cc(C(=O)NC3CCN(CCCN=C(N)N)CC3)n(Cc3ccc(C(F)(F)F)cc3)c2c1. The van der Waals surface area contributed by atoms with E-state index in [-0.39, 0.29) is 30.3 Å². The molecule has 3 aromatic rings. The minimum atomic E-state index is -4.43. The maximum atomic E-state index is 13.5. The highest BCUT2D eigenvalue weighted by molar-refractivity contribution is 6.02. The minimum absolute atomic E-state index is 0.00299. The number of aliphatic imine (C=N–C) groups is 1. The zero-order valence-electron chi connectivity index (χ0n) is 21.5. The van der Waals surface area contributed by atoms with Crippen LogP contribution in [0.4, 0.5) is 13.2 Å². The number of halogens is 3. The van der Waals surface area contributed by atoms with Gasteiger partial charge in [0.2, 0.25) is 0 Å². The summed E-state index contributed by atoms with van der Waals surface area (Å²) in [4.78, 5) is 19.8. The van der Waals surface area contributed by atoms with Crippen LogP contribution in [0.1, 0.15) is 46.4 Å². The molecule has 1 saturated heterocycles. The van der Waals surface area contributed by atoms with Crippen LogP contribution in [0.15, 0.2) is 53.5 Å². The standard InChI is InChI=1S/C27H33F3N8O/c28-27(29,30)20-6-2-17(3-7-20)16-38-22-15-19(24(31)32)5-4-18(22)14-23(38)25(39)36-21-8-12-37(13-9-21)11-1-10-35-26(33)34/h2-7,14-15,21H,1,8-13,16H2,(H3,31,32)(H,36,39)(H4,33,34,35). The maximum absolute atomic E-state index is 13.5. The van der Waals surface area contributed by atoms with Crippen LogP contribution >= 0.6 is 0 Å². The van der Waals surface area contributed by atoms with E-state index in [1.165, 1.54) is 12.1 Å². The lowest BCUT2D eigenvalue weighted by molar-refractivity contribution is -0.137. The first-order valence-corrected chi connectivity index (χ1v) is 12.7. The highest BCUT2D eigenvalue weighted by atomic mass is 19.4. The lowest BCUT2D eigenvalue weighted by Crippen LogP contribution is -2.45. The van der Waals surface area contributed by atoms with Gasteiger partial charge in [-0.05, 0) is 55.6 Å². The first-order valence-electron chi connectivity index (χ1n) is 12.7. The van der Waals surface area contributed by atoms with Crippen molar-refractivity contribution >= 4 is 28.6 Å². The van der Waals surface area contributed by atoms with Gasteiger partial charge in [-0.1, -0.05) is 24.3 Å². The molecule has 39 heavy (non-hydrogen) atoms. The van der Waals surface area contributed by atoms with Crippen LogP contribution in [-0.4, -0.2) is 59.4 Å². The fourth-order valence-electron chi connectivity index (χ4n) is 4.82. The predicted octanol–water partition coefficient (Wildman–Crippen LogP) is 2.85. The Balaban J connectivity index is 1.50. The normalized spacial score (nSPS) is 14.8. The van der Waals surface area contributed by atoms with Crippen molar-refractivity contribution in [3.8, 4) is 0 Å². The molecule has 8 N–H and O–H groups in total. The number of nitrogens with two attached hydrogens (primary N) is 3. The molecule has 1 fully saturated rings. The lowest BCUT2D eigenvalue weighted by Gasteiger charge is -2.32. The highest BCUT2D eigenvalue weighted by Gasteiger charge is 2.30. The van der Waals surface area contributed by atoms with Gasteiger partial charge in [0.25, 0.3) is 5.91 Å². The highest BCUT2D eigenvalue weighted by Crippen LogP contribution is 2.30. The number of rotatable bonds is 9. The molecule has 0 spiro atoms. The summed E-state index contributed by atoms with van der Waals surface area (Å²) in [6.07, 6.45) is -1.99. The molecule has 1 aliphatic rings. The molecule has 2 aromatic carbocycles. The summed E-state index contributed by atoms with van der Waals surface area (Å²) in [5, 5.41) is 11.7. The van der Waals surface area contributed by atoms with Crippen molar-refractivity contribution in [2.24, 2.45) is 22.2 Å². The molecule has 0 unspecified atom stereocenters. The number of nitrogen functional groups attached to an aromatic ring is 1. The maximum Gasteiger partial charge on any atom is 0.416 e. The van der Waals surface area contributed by atoms with Gasteiger partial charge in [0, 0.05) is 48.7 Å². The van der Waals surface area contributed by atoms with Gasteiger partial charge in [-0.15, -0.1) is 0 Å². The third-order valence-corrected chi connectivity index (χ3v) is 6.92. The van der Waals surface area contributed by atoms with E-state index in [1.54, 1.807) is 28.8 Å². The van der Waals surface area contributed by atoms with Crippen LogP contribution in [0.25, 0.3) is 10.9 Å². The summed E-state index contributed by atoms with van der Waals surface area (Å²) in [7, 11) is 0. The number of hydrogen-bond donors (Lipinski definition) is 5. The van der Waals surface area contributed by atoms with E-state index in [9.17, 15) is 18.0 Å². The molecule has 1 aliphatic heterocycles. The Morgan fingerprint density at radius 1 is 1.05 bits per heavy atom. The third-order valence-electron chi connectivity index (χ3n) is 6.92. The smallest absolute Gasteiger partial charge is 0.384 e. The molecule has 1 amide bonds. The fraction of sp³-hybridized carbons (Fsp3) is 0.370. The van der Waals surface area contributed by atoms with E-state index in [2.05, 4.69) is 15.2 Å². The second-order valence-corrected chi connectivity index (χ2v) is 9.75. The number of hydrogen-bond acceptors (Lipinski definition) is 4. The number of aromatic nitrogens is 1. The summed E-state index contributed by atoms with van der Waals surface area (Å²) < 4.78 is 40.9. The van der Waals surface area contributed by atoms with E-state index in [1.807, 2.05) is 0 Å². The van der Waals surface area contributed by atoms with Gasteiger partial charge >= 0.3 is 6.18 Å². The average Bonchev–Trinajstić information content (AvgIpc) is 3.25. The van der Waals surface area contributed by atoms with Crippen molar-refractivity contribution in [1.82, 2.24) is 14.8 Å². The Hall–Kier alpha value is -4.06. The number of amides is 1. The number of nitrogens with one attached hydrogen (secondary N) is 2. The van der Waals surface area contributed by atoms with Gasteiger partial charge in [0.15, 0.2) is 5.96 Å². The quantitative estimate of drug-likeness (QED) is 0.160. The summed E-state index contributed by atoms with van der Waals surface area (Å²) in [6, 6.07) is 11.9. The Morgan fingerprint density at radius 2 is 1.74 bits per heavy atom. The van der Waals surface area contributed by atoms with E-state index in [4.69, 9.17) is 22.6 Å². The Kier molecular flexibility index (Phi) is 8.44. The number of likely N-dealkylation sites (tertiary alicyclic amines) is 1. The summed E-state index contributed by atoms with van der Waals surface area (Å²) in [5.41, 5.74) is 17.8. The third kappa shape index (κ3) is 7.08. The monoisotopic (exact) mass is 542 g/mol. The van der Waals surface area contributed by atoms with Crippen LogP contribution in [-0.2, 0) is 12.7 Å². The van der Waals surface area contributed by atoms with Gasteiger partial charge in [0.1, 0.15) is 11.5 Å². The number of benzene rings is 2. The van der Waals surface area contributed by atoms with Gasteiger partial charge in [-0.25, -0.2) is 0 Å². The first-order chi connectivity index (χ1) is 18.5. The van der Waals surface area contributed by atoms with Crippen molar-refractivity contribution in [3.63, 3.8) is 0 Å². The van der Waals surface area contributed by atoms with Crippen molar-refractivity contribution in [1.29, 1.82) is 5.41 Å². The number of guanidine groups is 1. The van der Waals surface area contributed by atoms with E-state index in [0.29, 0.717) is 28.9 Å². The molecule has 2 heterocycles. The topological polar surface area (TPSA) is 152 Å². The molecule has 0 bridgehead atoms. The predicted molar refractivity (Wildman–Crippen MR) is 146 cm³/mol. The van der Waals surface area contributed by atoms with Crippen LogP contribution < -0.4 is 22.5 Å². The number of amidine groups is 1.